The number of carbonyl (C=O) groups excluding carboxylic acids is 1. The number of carbonyl (C=O) groups is 1. The zero-order chi connectivity index (χ0) is 17.4. The molecular formula is C17H23N5O2. The standard InChI is InChI=1S/C17H23N5O2/c1-10-8-11(2)19-17(18-10)24-14-6-7-22(9-14)16(23)15-12(3)20-21(5)13(15)4/h8,14H,6-7,9H2,1-5H3/t14-/m0/s1. The molecule has 1 amide bonds. The summed E-state index contributed by atoms with van der Waals surface area (Å²) in [5.74, 6) is 0.0190. The van der Waals surface area contributed by atoms with Crippen molar-refractivity contribution in [3.05, 3.63) is 34.4 Å². The van der Waals surface area contributed by atoms with Crippen molar-refractivity contribution in [2.75, 3.05) is 13.1 Å². The smallest absolute Gasteiger partial charge is 0.317 e. The van der Waals surface area contributed by atoms with Crippen LogP contribution in [-0.2, 0) is 7.05 Å². The summed E-state index contributed by atoms with van der Waals surface area (Å²) in [4.78, 5) is 23.2. The average molecular weight is 329 g/mol. The molecule has 0 N–H and O–H groups in total. The maximum atomic E-state index is 12.8. The van der Waals surface area contributed by atoms with Crippen molar-refractivity contribution in [1.29, 1.82) is 0 Å². The predicted octanol–water partition coefficient (Wildman–Crippen LogP) is 1.74. The fourth-order valence-electron chi connectivity index (χ4n) is 3.15. The fraction of sp³-hybridized carbons (Fsp3) is 0.529. The van der Waals surface area contributed by atoms with E-state index in [1.807, 2.05) is 45.7 Å². The topological polar surface area (TPSA) is 73.1 Å². The lowest BCUT2D eigenvalue weighted by atomic mass is 10.2. The lowest BCUT2D eigenvalue weighted by Crippen LogP contribution is -2.31. The van der Waals surface area contributed by atoms with E-state index in [1.54, 1.807) is 4.68 Å². The van der Waals surface area contributed by atoms with Crippen LogP contribution >= 0.6 is 0 Å². The molecule has 128 valence electrons. The number of amides is 1. The van der Waals surface area contributed by atoms with Crippen molar-refractivity contribution in [1.82, 2.24) is 24.6 Å². The van der Waals surface area contributed by atoms with Gasteiger partial charge in [-0.25, -0.2) is 9.97 Å². The van der Waals surface area contributed by atoms with E-state index in [1.165, 1.54) is 0 Å². The Bertz CT molecular complexity index is 763. The molecule has 0 spiro atoms. The Morgan fingerprint density at radius 1 is 1.21 bits per heavy atom. The number of aromatic nitrogens is 4. The molecule has 24 heavy (non-hydrogen) atoms. The summed E-state index contributed by atoms with van der Waals surface area (Å²) in [5.41, 5.74) is 4.11. The van der Waals surface area contributed by atoms with Gasteiger partial charge in [0.2, 0.25) is 0 Å². The summed E-state index contributed by atoms with van der Waals surface area (Å²) in [6.07, 6.45) is 0.702. The molecule has 3 heterocycles. The van der Waals surface area contributed by atoms with Crippen molar-refractivity contribution >= 4 is 5.91 Å². The minimum Gasteiger partial charge on any atom is -0.458 e. The molecule has 1 aliphatic heterocycles. The van der Waals surface area contributed by atoms with E-state index < -0.39 is 0 Å². The van der Waals surface area contributed by atoms with Gasteiger partial charge in [0.25, 0.3) is 5.91 Å². The summed E-state index contributed by atoms with van der Waals surface area (Å²) in [7, 11) is 1.85. The minimum atomic E-state index is -0.0765. The summed E-state index contributed by atoms with van der Waals surface area (Å²) < 4.78 is 7.63. The molecule has 2 aromatic rings. The minimum absolute atomic E-state index is 0.0190. The Morgan fingerprint density at radius 2 is 1.88 bits per heavy atom. The maximum absolute atomic E-state index is 12.8. The van der Waals surface area contributed by atoms with Gasteiger partial charge >= 0.3 is 6.01 Å². The van der Waals surface area contributed by atoms with E-state index >= 15 is 0 Å². The predicted molar refractivity (Wildman–Crippen MR) is 89.1 cm³/mol. The van der Waals surface area contributed by atoms with Crippen molar-refractivity contribution < 1.29 is 9.53 Å². The first-order valence-corrected chi connectivity index (χ1v) is 8.13. The summed E-state index contributed by atoms with van der Waals surface area (Å²) in [5, 5.41) is 4.33. The number of likely N-dealkylation sites (tertiary alicyclic amines) is 1. The van der Waals surface area contributed by atoms with Crippen LogP contribution in [0.4, 0.5) is 0 Å². The first-order valence-electron chi connectivity index (χ1n) is 8.13. The normalized spacial score (nSPS) is 17.4. The van der Waals surface area contributed by atoms with Gasteiger partial charge in [-0.2, -0.15) is 5.10 Å². The number of nitrogens with zero attached hydrogens (tertiary/aromatic N) is 5. The van der Waals surface area contributed by atoms with Crippen LogP contribution in [0.1, 0.15) is 39.6 Å². The Kier molecular flexibility index (Phi) is 4.26. The van der Waals surface area contributed by atoms with E-state index in [0.29, 0.717) is 24.7 Å². The van der Waals surface area contributed by atoms with Gasteiger partial charge in [0.1, 0.15) is 6.10 Å². The third kappa shape index (κ3) is 3.11. The molecule has 1 atom stereocenters. The Hall–Kier alpha value is -2.44. The van der Waals surface area contributed by atoms with Gasteiger partial charge in [0.05, 0.1) is 17.8 Å². The van der Waals surface area contributed by atoms with E-state index in [0.717, 1.165) is 29.2 Å². The van der Waals surface area contributed by atoms with Gasteiger partial charge in [0.15, 0.2) is 0 Å². The molecule has 0 saturated carbocycles. The van der Waals surface area contributed by atoms with E-state index in [4.69, 9.17) is 4.74 Å². The number of hydrogen-bond acceptors (Lipinski definition) is 5. The highest BCUT2D eigenvalue weighted by atomic mass is 16.5. The van der Waals surface area contributed by atoms with Gasteiger partial charge in [-0.15, -0.1) is 0 Å². The van der Waals surface area contributed by atoms with Crippen LogP contribution < -0.4 is 4.74 Å². The number of hydrogen-bond donors (Lipinski definition) is 0. The summed E-state index contributed by atoms with van der Waals surface area (Å²) in [6, 6.07) is 2.30. The largest absolute Gasteiger partial charge is 0.458 e. The third-order valence-corrected chi connectivity index (χ3v) is 4.39. The van der Waals surface area contributed by atoms with Gasteiger partial charge < -0.3 is 9.64 Å². The summed E-state index contributed by atoms with van der Waals surface area (Å²) in [6.45, 7) is 8.83. The first kappa shape index (κ1) is 16.4. The second-order valence-corrected chi connectivity index (χ2v) is 6.38. The van der Waals surface area contributed by atoms with Crippen LogP contribution in [0.15, 0.2) is 6.07 Å². The number of ether oxygens (including phenoxy) is 1. The molecule has 2 aromatic heterocycles. The van der Waals surface area contributed by atoms with E-state index in [9.17, 15) is 4.79 Å². The van der Waals surface area contributed by atoms with Crippen molar-refractivity contribution in [3.8, 4) is 6.01 Å². The molecule has 1 aliphatic rings. The van der Waals surface area contributed by atoms with Crippen molar-refractivity contribution in [2.24, 2.45) is 7.05 Å². The monoisotopic (exact) mass is 329 g/mol. The molecule has 0 aromatic carbocycles. The van der Waals surface area contributed by atoms with Gasteiger partial charge in [-0.05, 0) is 33.8 Å². The highest BCUT2D eigenvalue weighted by Gasteiger charge is 2.31. The molecule has 0 radical (unpaired) electrons. The third-order valence-electron chi connectivity index (χ3n) is 4.39. The van der Waals surface area contributed by atoms with Gasteiger partial charge in [-0.3, -0.25) is 9.48 Å². The summed E-state index contributed by atoms with van der Waals surface area (Å²) >= 11 is 0. The number of rotatable bonds is 3. The fourth-order valence-corrected chi connectivity index (χ4v) is 3.15. The molecule has 1 saturated heterocycles. The molecule has 3 rings (SSSR count). The van der Waals surface area contributed by atoms with Gasteiger partial charge in [-0.1, -0.05) is 0 Å². The average Bonchev–Trinajstić information content (AvgIpc) is 3.03. The number of aryl methyl sites for hydroxylation is 4. The Morgan fingerprint density at radius 3 is 2.46 bits per heavy atom. The van der Waals surface area contributed by atoms with E-state index in [2.05, 4.69) is 15.1 Å². The van der Waals surface area contributed by atoms with Crippen LogP contribution in [0.2, 0.25) is 0 Å². The molecule has 0 aliphatic carbocycles. The van der Waals surface area contributed by atoms with Crippen LogP contribution in [0.25, 0.3) is 0 Å². The maximum Gasteiger partial charge on any atom is 0.317 e. The Labute approximate surface area is 141 Å². The Balaban J connectivity index is 1.70. The van der Waals surface area contributed by atoms with Crippen LogP contribution in [0.3, 0.4) is 0 Å². The second kappa shape index (κ2) is 6.22. The SMILES string of the molecule is Cc1cc(C)nc(O[C@H]2CCN(C(=O)c3c(C)nn(C)c3C)C2)n1. The first-order chi connectivity index (χ1) is 11.3. The van der Waals surface area contributed by atoms with Crippen molar-refractivity contribution in [2.45, 2.75) is 40.2 Å². The quantitative estimate of drug-likeness (QED) is 0.857. The molecule has 1 fully saturated rings. The molecule has 7 heteroatoms. The molecule has 7 nitrogen and oxygen atoms in total. The highest BCUT2D eigenvalue weighted by molar-refractivity contribution is 5.96. The zero-order valence-electron chi connectivity index (χ0n) is 14.8. The second-order valence-electron chi connectivity index (χ2n) is 6.38. The molecular weight excluding hydrogens is 306 g/mol. The molecule has 0 unspecified atom stereocenters. The molecule has 0 bridgehead atoms. The van der Waals surface area contributed by atoms with Gasteiger partial charge in [0, 0.05) is 37.1 Å². The lowest BCUT2D eigenvalue weighted by Gasteiger charge is -2.17. The van der Waals surface area contributed by atoms with Crippen LogP contribution in [0, 0.1) is 27.7 Å². The van der Waals surface area contributed by atoms with Crippen molar-refractivity contribution in [3.63, 3.8) is 0 Å². The van der Waals surface area contributed by atoms with E-state index in [-0.39, 0.29) is 12.0 Å². The lowest BCUT2D eigenvalue weighted by molar-refractivity contribution is 0.0768. The highest BCUT2D eigenvalue weighted by Crippen LogP contribution is 2.21. The van der Waals surface area contributed by atoms with Crippen LogP contribution in [0.5, 0.6) is 6.01 Å². The zero-order valence-corrected chi connectivity index (χ0v) is 14.8. The van der Waals surface area contributed by atoms with Crippen LogP contribution in [-0.4, -0.2) is 49.7 Å².